The zero-order valence-corrected chi connectivity index (χ0v) is 8.16. The fraction of sp³-hybridized carbons (Fsp3) is 0.900. The summed E-state index contributed by atoms with van der Waals surface area (Å²) in [6, 6.07) is 0.598. The highest BCUT2D eigenvalue weighted by molar-refractivity contribution is 5.83. The average Bonchev–Trinajstić information content (AvgIpc) is 2.63. The Balaban J connectivity index is 1.93. The molecule has 0 aromatic carbocycles. The monoisotopic (exact) mass is 183 g/mol. The summed E-state index contributed by atoms with van der Waals surface area (Å²) < 4.78 is 5.55. The van der Waals surface area contributed by atoms with Gasteiger partial charge >= 0.3 is 0 Å². The van der Waals surface area contributed by atoms with E-state index in [1.54, 1.807) is 0 Å². The minimum atomic E-state index is -0.139. The van der Waals surface area contributed by atoms with Gasteiger partial charge in [-0.1, -0.05) is 6.92 Å². The van der Waals surface area contributed by atoms with Gasteiger partial charge in [0.1, 0.15) is 6.10 Å². The molecule has 2 rings (SSSR count). The van der Waals surface area contributed by atoms with Crippen LogP contribution in [0, 0.1) is 0 Å². The van der Waals surface area contributed by atoms with Crippen LogP contribution < -0.4 is 0 Å². The van der Waals surface area contributed by atoms with Crippen LogP contribution >= 0.6 is 0 Å². The highest BCUT2D eigenvalue weighted by atomic mass is 16.5. The normalized spacial score (nSPS) is 34.5. The van der Waals surface area contributed by atoms with Gasteiger partial charge in [-0.05, 0) is 19.4 Å². The Hall–Kier alpha value is -0.410. The first-order valence-electron chi connectivity index (χ1n) is 5.19. The number of nitrogens with zero attached hydrogens (tertiary/aromatic N) is 1. The van der Waals surface area contributed by atoms with Gasteiger partial charge in [0.2, 0.25) is 0 Å². The van der Waals surface area contributed by atoms with Crippen LogP contribution in [0.5, 0.6) is 0 Å². The van der Waals surface area contributed by atoms with Gasteiger partial charge in [-0.3, -0.25) is 9.69 Å². The second-order valence-corrected chi connectivity index (χ2v) is 3.93. The third kappa shape index (κ3) is 1.76. The Morgan fingerprint density at radius 2 is 2.46 bits per heavy atom. The molecule has 2 heterocycles. The second-order valence-electron chi connectivity index (χ2n) is 3.93. The lowest BCUT2D eigenvalue weighted by molar-refractivity contribution is -0.138. The summed E-state index contributed by atoms with van der Waals surface area (Å²) in [5.41, 5.74) is 0. The molecule has 13 heavy (non-hydrogen) atoms. The Bertz CT molecular complexity index is 205. The molecule has 2 aliphatic heterocycles. The molecule has 0 aliphatic carbocycles. The first-order valence-corrected chi connectivity index (χ1v) is 5.19. The van der Waals surface area contributed by atoms with Crippen LogP contribution in [0.4, 0.5) is 0 Å². The fourth-order valence-corrected chi connectivity index (χ4v) is 2.24. The van der Waals surface area contributed by atoms with Crippen LogP contribution in [-0.4, -0.2) is 42.5 Å². The highest BCUT2D eigenvalue weighted by Gasteiger charge is 2.34. The number of rotatable bonds is 2. The van der Waals surface area contributed by atoms with Gasteiger partial charge in [0.25, 0.3) is 0 Å². The first kappa shape index (κ1) is 9.16. The predicted octanol–water partition coefficient (Wildman–Crippen LogP) is 0.829. The zero-order valence-electron chi connectivity index (χ0n) is 8.16. The summed E-state index contributed by atoms with van der Waals surface area (Å²) in [5.74, 6) is 0.255. The molecular formula is C10H17NO2. The molecule has 0 aromatic rings. The number of carbonyl (C=O) groups excluding carboxylic acids is 1. The van der Waals surface area contributed by atoms with Gasteiger partial charge in [-0.2, -0.15) is 0 Å². The van der Waals surface area contributed by atoms with E-state index in [1.807, 2.05) is 6.92 Å². The second kappa shape index (κ2) is 3.76. The molecule has 74 valence electrons. The number of Topliss-reactive ketones (excluding diaryl/α,β-unsaturated/α-hetero) is 1. The van der Waals surface area contributed by atoms with E-state index in [0.717, 1.165) is 19.7 Å². The Morgan fingerprint density at radius 3 is 3.23 bits per heavy atom. The lowest BCUT2D eigenvalue weighted by Gasteiger charge is -2.34. The van der Waals surface area contributed by atoms with Gasteiger partial charge < -0.3 is 4.74 Å². The first-order chi connectivity index (χ1) is 6.31. The molecule has 0 aromatic heterocycles. The summed E-state index contributed by atoms with van der Waals surface area (Å²) >= 11 is 0. The van der Waals surface area contributed by atoms with Crippen molar-refractivity contribution in [3.63, 3.8) is 0 Å². The van der Waals surface area contributed by atoms with Crippen LogP contribution in [-0.2, 0) is 9.53 Å². The van der Waals surface area contributed by atoms with Crippen molar-refractivity contribution in [3.8, 4) is 0 Å². The molecule has 0 radical (unpaired) electrons. The predicted molar refractivity (Wildman–Crippen MR) is 49.6 cm³/mol. The maximum atomic E-state index is 11.4. The number of hydrogen-bond acceptors (Lipinski definition) is 3. The molecular weight excluding hydrogens is 166 g/mol. The molecule has 0 amide bonds. The molecule has 0 saturated carbocycles. The highest BCUT2D eigenvalue weighted by Crippen LogP contribution is 2.23. The van der Waals surface area contributed by atoms with E-state index >= 15 is 0 Å². The number of fused-ring (bicyclic) bond motifs is 1. The van der Waals surface area contributed by atoms with E-state index in [-0.39, 0.29) is 11.9 Å². The summed E-state index contributed by atoms with van der Waals surface area (Å²) in [6.45, 7) is 4.65. The summed E-state index contributed by atoms with van der Waals surface area (Å²) in [5, 5.41) is 0. The lowest BCUT2D eigenvalue weighted by Crippen LogP contribution is -2.48. The Labute approximate surface area is 79.0 Å². The third-order valence-corrected chi connectivity index (χ3v) is 3.10. The Morgan fingerprint density at radius 1 is 1.62 bits per heavy atom. The smallest absolute Gasteiger partial charge is 0.162 e. The summed E-state index contributed by atoms with van der Waals surface area (Å²) in [7, 11) is 0. The van der Waals surface area contributed by atoms with Gasteiger partial charge in [-0.15, -0.1) is 0 Å². The van der Waals surface area contributed by atoms with Crippen molar-refractivity contribution >= 4 is 5.78 Å². The van der Waals surface area contributed by atoms with Crippen LogP contribution in [0.3, 0.4) is 0 Å². The minimum Gasteiger partial charge on any atom is -0.367 e. The number of carbonyl (C=O) groups is 1. The van der Waals surface area contributed by atoms with E-state index in [9.17, 15) is 4.79 Å². The van der Waals surface area contributed by atoms with Crippen LogP contribution in [0.15, 0.2) is 0 Å². The number of ketones is 1. The average molecular weight is 183 g/mol. The molecule has 3 nitrogen and oxygen atoms in total. The van der Waals surface area contributed by atoms with Crippen molar-refractivity contribution < 1.29 is 9.53 Å². The third-order valence-electron chi connectivity index (χ3n) is 3.10. The minimum absolute atomic E-state index is 0.139. The van der Waals surface area contributed by atoms with E-state index in [4.69, 9.17) is 4.74 Å². The summed E-state index contributed by atoms with van der Waals surface area (Å²) in [6.07, 6.45) is 2.97. The molecule has 0 spiro atoms. The number of hydrogen-bond donors (Lipinski definition) is 0. The standard InChI is InChI=1S/C10H17NO2/c1-2-9(12)10-6-11-5-3-4-8(11)7-13-10/h8,10H,2-7H2,1H3. The SMILES string of the molecule is CCC(=O)C1CN2CCCC2CO1. The summed E-state index contributed by atoms with van der Waals surface area (Å²) in [4.78, 5) is 13.8. The molecule has 2 aliphatic rings. The number of morpholine rings is 1. The van der Waals surface area contributed by atoms with Crippen molar-refractivity contribution in [3.05, 3.63) is 0 Å². The number of ether oxygens (including phenoxy) is 1. The van der Waals surface area contributed by atoms with E-state index in [2.05, 4.69) is 4.90 Å². The van der Waals surface area contributed by atoms with Crippen molar-refractivity contribution in [1.82, 2.24) is 4.90 Å². The molecule has 2 saturated heterocycles. The van der Waals surface area contributed by atoms with Gasteiger partial charge in [-0.25, -0.2) is 0 Å². The maximum absolute atomic E-state index is 11.4. The van der Waals surface area contributed by atoms with E-state index in [0.29, 0.717) is 12.5 Å². The molecule has 2 atom stereocenters. The maximum Gasteiger partial charge on any atom is 0.162 e. The zero-order chi connectivity index (χ0) is 9.26. The van der Waals surface area contributed by atoms with E-state index < -0.39 is 0 Å². The molecule has 2 unspecified atom stereocenters. The van der Waals surface area contributed by atoms with Gasteiger partial charge in [0.05, 0.1) is 6.61 Å². The van der Waals surface area contributed by atoms with Crippen LogP contribution in [0.2, 0.25) is 0 Å². The fourth-order valence-electron chi connectivity index (χ4n) is 2.24. The molecule has 2 fully saturated rings. The Kier molecular flexibility index (Phi) is 2.65. The molecule has 0 bridgehead atoms. The molecule has 3 heteroatoms. The van der Waals surface area contributed by atoms with Crippen LogP contribution in [0.25, 0.3) is 0 Å². The topological polar surface area (TPSA) is 29.5 Å². The van der Waals surface area contributed by atoms with Crippen molar-refractivity contribution in [2.45, 2.75) is 38.3 Å². The van der Waals surface area contributed by atoms with Gasteiger partial charge in [0.15, 0.2) is 5.78 Å². The quantitative estimate of drug-likeness (QED) is 0.635. The van der Waals surface area contributed by atoms with Crippen molar-refractivity contribution in [2.24, 2.45) is 0 Å². The largest absolute Gasteiger partial charge is 0.367 e. The van der Waals surface area contributed by atoms with Crippen molar-refractivity contribution in [1.29, 1.82) is 0 Å². The van der Waals surface area contributed by atoms with Crippen molar-refractivity contribution in [2.75, 3.05) is 19.7 Å². The molecule has 0 N–H and O–H groups in total. The lowest BCUT2D eigenvalue weighted by atomic mass is 10.1. The van der Waals surface area contributed by atoms with Gasteiger partial charge in [0, 0.05) is 19.0 Å². The van der Waals surface area contributed by atoms with Crippen LogP contribution in [0.1, 0.15) is 26.2 Å². The van der Waals surface area contributed by atoms with E-state index in [1.165, 1.54) is 12.8 Å².